The Morgan fingerprint density at radius 3 is 1.46 bits per heavy atom. The molecule has 1 aliphatic heterocycles. The number of carboxylic acids is 1. The van der Waals surface area contributed by atoms with E-state index in [0.29, 0.717) is 12.8 Å². The standard InChI is InChI=1S/C48H86O11/c1-3-5-7-9-11-13-15-17-19-20-21-22-23-25-27-29-31-33-35-37-42(50)58-40(39-57-48-45(53)43(51)44(52)46(59-48)47(54)55)38-56-41(49)36-34-32-30-28-26-24-18-16-14-12-10-8-6-4-2/h10,12,16,18,40,43-46,48,51-53H,3-9,11,13-15,17,19-39H2,1-2H3,(H,54,55)/b12-10-,18-16-. The topological polar surface area (TPSA) is 169 Å². The first-order chi connectivity index (χ1) is 28.7. The number of aliphatic carboxylic acids is 1. The van der Waals surface area contributed by atoms with E-state index in [4.69, 9.17) is 18.9 Å². The minimum Gasteiger partial charge on any atom is -0.479 e. The number of unbranched alkanes of at least 4 members (excludes halogenated alkanes) is 25. The second-order valence-electron chi connectivity index (χ2n) is 16.6. The maximum atomic E-state index is 12.8. The van der Waals surface area contributed by atoms with Gasteiger partial charge in [0.25, 0.3) is 0 Å². The number of rotatable bonds is 40. The zero-order valence-corrected chi connectivity index (χ0v) is 37.3. The van der Waals surface area contributed by atoms with E-state index in [1.165, 1.54) is 109 Å². The molecule has 0 bridgehead atoms. The van der Waals surface area contributed by atoms with E-state index in [1.807, 2.05) is 0 Å². The fourth-order valence-electron chi connectivity index (χ4n) is 7.25. The molecule has 0 aliphatic carbocycles. The number of aliphatic hydroxyl groups excluding tert-OH is 3. The fraction of sp³-hybridized carbons (Fsp3) is 0.854. The predicted octanol–water partition coefficient (Wildman–Crippen LogP) is 10.6. The number of carboxylic acid groups (broad SMARTS) is 1. The van der Waals surface area contributed by atoms with Gasteiger partial charge >= 0.3 is 17.9 Å². The molecular formula is C48H86O11. The van der Waals surface area contributed by atoms with E-state index in [2.05, 4.69) is 38.2 Å². The van der Waals surface area contributed by atoms with Crippen molar-refractivity contribution in [1.29, 1.82) is 0 Å². The lowest BCUT2D eigenvalue weighted by atomic mass is 9.99. The molecule has 0 aromatic rings. The van der Waals surface area contributed by atoms with Crippen LogP contribution in [0.25, 0.3) is 0 Å². The van der Waals surface area contributed by atoms with Crippen LogP contribution in [0, 0.1) is 0 Å². The molecule has 0 aromatic carbocycles. The van der Waals surface area contributed by atoms with E-state index < -0.39 is 61.3 Å². The summed E-state index contributed by atoms with van der Waals surface area (Å²) >= 11 is 0. The van der Waals surface area contributed by atoms with Crippen molar-refractivity contribution < 1.29 is 53.8 Å². The molecule has 0 spiro atoms. The maximum Gasteiger partial charge on any atom is 0.335 e. The van der Waals surface area contributed by atoms with Crippen molar-refractivity contribution in [2.24, 2.45) is 0 Å². The number of ether oxygens (including phenoxy) is 4. The van der Waals surface area contributed by atoms with Gasteiger partial charge in [0.15, 0.2) is 18.5 Å². The van der Waals surface area contributed by atoms with Crippen molar-refractivity contribution in [3.63, 3.8) is 0 Å². The molecule has 1 saturated heterocycles. The van der Waals surface area contributed by atoms with Crippen LogP contribution in [0.3, 0.4) is 0 Å². The third kappa shape index (κ3) is 30.4. The van der Waals surface area contributed by atoms with Crippen molar-refractivity contribution in [3.05, 3.63) is 24.3 Å². The molecule has 1 fully saturated rings. The van der Waals surface area contributed by atoms with Crippen LogP contribution in [0.2, 0.25) is 0 Å². The number of esters is 2. The van der Waals surface area contributed by atoms with Gasteiger partial charge in [-0.15, -0.1) is 0 Å². The molecule has 0 aromatic heterocycles. The minimum atomic E-state index is -1.86. The Kier molecular flexibility index (Phi) is 35.8. The molecule has 11 nitrogen and oxygen atoms in total. The van der Waals surface area contributed by atoms with Crippen molar-refractivity contribution in [2.75, 3.05) is 13.2 Å². The van der Waals surface area contributed by atoms with Crippen LogP contribution in [-0.2, 0) is 33.3 Å². The Labute approximate surface area is 358 Å². The van der Waals surface area contributed by atoms with E-state index in [9.17, 15) is 34.8 Å². The average Bonchev–Trinajstić information content (AvgIpc) is 3.22. The molecule has 1 rings (SSSR count). The van der Waals surface area contributed by atoms with Gasteiger partial charge < -0.3 is 39.4 Å². The molecule has 1 heterocycles. The van der Waals surface area contributed by atoms with Gasteiger partial charge in [0.2, 0.25) is 0 Å². The summed E-state index contributed by atoms with van der Waals surface area (Å²) in [4.78, 5) is 36.9. The van der Waals surface area contributed by atoms with Gasteiger partial charge in [0.05, 0.1) is 6.61 Å². The first-order valence-corrected chi connectivity index (χ1v) is 23.9. The summed E-state index contributed by atoms with van der Waals surface area (Å²) in [5.74, 6) is -2.45. The quantitative estimate of drug-likeness (QED) is 0.0263. The minimum absolute atomic E-state index is 0.184. The summed E-state index contributed by atoms with van der Waals surface area (Å²) in [6.07, 6.45) is 33.7. The van der Waals surface area contributed by atoms with Crippen LogP contribution in [0.15, 0.2) is 24.3 Å². The highest BCUT2D eigenvalue weighted by Crippen LogP contribution is 2.23. The van der Waals surface area contributed by atoms with E-state index >= 15 is 0 Å². The second-order valence-corrected chi connectivity index (χ2v) is 16.6. The third-order valence-corrected chi connectivity index (χ3v) is 11.1. The highest BCUT2D eigenvalue weighted by molar-refractivity contribution is 5.73. The molecule has 4 N–H and O–H groups in total. The largest absolute Gasteiger partial charge is 0.479 e. The summed E-state index contributed by atoms with van der Waals surface area (Å²) in [6.45, 7) is 3.78. The summed E-state index contributed by atoms with van der Waals surface area (Å²) < 4.78 is 21.8. The van der Waals surface area contributed by atoms with Gasteiger partial charge in [-0.1, -0.05) is 186 Å². The molecule has 59 heavy (non-hydrogen) atoms. The van der Waals surface area contributed by atoms with Crippen molar-refractivity contribution >= 4 is 17.9 Å². The maximum absolute atomic E-state index is 12.8. The van der Waals surface area contributed by atoms with Gasteiger partial charge in [0.1, 0.15) is 24.9 Å². The molecule has 1 aliphatic rings. The summed E-state index contributed by atoms with van der Waals surface area (Å²) in [7, 11) is 0. The fourth-order valence-corrected chi connectivity index (χ4v) is 7.25. The monoisotopic (exact) mass is 839 g/mol. The number of carbonyl (C=O) groups is 3. The van der Waals surface area contributed by atoms with Crippen LogP contribution < -0.4 is 0 Å². The van der Waals surface area contributed by atoms with E-state index in [0.717, 1.165) is 64.2 Å². The van der Waals surface area contributed by atoms with E-state index in [1.54, 1.807) is 0 Å². The SMILES string of the molecule is CCCC/C=C\C/C=C\CCCCCCCC(=O)OCC(COC1OC(C(=O)O)C(O)C(O)C1O)OC(=O)CCCCCCCCCCCCCCCCCCCCC. The van der Waals surface area contributed by atoms with Crippen LogP contribution in [0.4, 0.5) is 0 Å². The van der Waals surface area contributed by atoms with Crippen molar-refractivity contribution in [2.45, 2.75) is 250 Å². The Hall–Kier alpha value is -2.31. The number of carbonyl (C=O) groups excluding carboxylic acids is 2. The zero-order valence-electron chi connectivity index (χ0n) is 37.3. The van der Waals surface area contributed by atoms with Crippen LogP contribution in [0.1, 0.15) is 213 Å². The summed E-state index contributed by atoms with van der Waals surface area (Å²) in [5, 5.41) is 39.8. The molecule has 6 atom stereocenters. The molecule has 6 unspecified atom stereocenters. The normalized spacial score (nSPS) is 20.1. The van der Waals surface area contributed by atoms with Crippen LogP contribution in [-0.4, -0.2) is 88.4 Å². The smallest absolute Gasteiger partial charge is 0.335 e. The molecule has 0 radical (unpaired) electrons. The van der Waals surface area contributed by atoms with Crippen LogP contribution >= 0.6 is 0 Å². The van der Waals surface area contributed by atoms with Gasteiger partial charge in [0, 0.05) is 12.8 Å². The lowest BCUT2D eigenvalue weighted by Crippen LogP contribution is -2.60. The Balaban J connectivity index is 2.33. The Morgan fingerprint density at radius 2 is 0.966 bits per heavy atom. The highest BCUT2D eigenvalue weighted by atomic mass is 16.7. The van der Waals surface area contributed by atoms with Crippen molar-refractivity contribution in [1.82, 2.24) is 0 Å². The Bertz CT molecular complexity index is 1080. The average molecular weight is 839 g/mol. The molecule has 344 valence electrons. The van der Waals surface area contributed by atoms with Gasteiger partial charge in [-0.3, -0.25) is 9.59 Å². The lowest BCUT2D eigenvalue weighted by molar-refractivity contribution is -0.298. The van der Waals surface area contributed by atoms with Crippen molar-refractivity contribution in [3.8, 4) is 0 Å². The number of hydrogen-bond acceptors (Lipinski definition) is 10. The summed E-state index contributed by atoms with van der Waals surface area (Å²) in [5.41, 5.74) is 0. The molecular weight excluding hydrogens is 753 g/mol. The second kappa shape index (κ2) is 38.6. The first-order valence-electron chi connectivity index (χ1n) is 23.9. The van der Waals surface area contributed by atoms with Gasteiger partial charge in [-0.2, -0.15) is 0 Å². The first kappa shape index (κ1) is 54.7. The molecule has 11 heteroatoms. The molecule has 0 amide bonds. The number of aliphatic hydroxyl groups is 3. The Morgan fingerprint density at radius 1 is 0.525 bits per heavy atom. The van der Waals surface area contributed by atoms with Gasteiger partial charge in [-0.05, 0) is 38.5 Å². The molecule has 0 saturated carbocycles. The zero-order chi connectivity index (χ0) is 43.2. The number of hydrogen-bond donors (Lipinski definition) is 4. The summed E-state index contributed by atoms with van der Waals surface area (Å²) in [6, 6.07) is 0. The van der Waals surface area contributed by atoms with Gasteiger partial charge in [-0.25, -0.2) is 4.79 Å². The third-order valence-electron chi connectivity index (χ3n) is 11.1. The predicted molar refractivity (Wildman–Crippen MR) is 234 cm³/mol. The number of allylic oxidation sites excluding steroid dienone is 4. The van der Waals surface area contributed by atoms with Crippen LogP contribution in [0.5, 0.6) is 0 Å². The lowest BCUT2D eigenvalue weighted by Gasteiger charge is -2.38. The highest BCUT2D eigenvalue weighted by Gasteiger charge is 2.47. The van der Waals surface area contributed by atoms with E-state index in [-0.39, 0.29) is 19.4 Å².